The van der Waals surface area contributed by atoms with Crippen LogP contribution in [0.3, 0.4) is 0 Å². The molecule has 0 aromatic heterocycles. The average molecular weight is 303 g/mol. The number of ether oxygens (including phenoxy) is 2. The van der Waals surface area contributed by atoms with Crippen molar-refractivity contribution in [1.29, 1.82) is 0 Å². The lowest BCUT2D eigenvalue weighted by atomic mass is 10.2. The lowest BCUT2D eigenvalue weighted by Gasteiger charge is -2.17. The first-order valence-electron chi connectivity index (χ1n) is 6.99. The predicted molar refractivity (Wildman–Crippen MR) is 82.7 cm³/mol. The fraction of sp³-hybridized carbons (Fsp3) is 0.235. The molecule has 0 heterocycles. The van der Waals surface area contributed by atoms with Crippen molar-refractivity contribution in [2.24, 2.45) is 0 Å². The van der Waals surface area contributed by atoms with Crippen LogP contribution in [-0.2, 0) is 4.79 Å². The van der Waals surface area contributed by atoms with Gasteiger partial charge < -0.3 is 14.8 Å². The number of rotatable bonds is 6. The molecule has 0 fully saturated rings. The summed E-state index contributed by atoms with van der Waals surface area (Å²) in [6.45, 7) is 1.86. The van der Waals surface area contributed by atoms with Crippen molar-refractivity contribution < 1.29 is 18.7 Å². The molecule has 0 saturated carbocycles. The third kappa shape index (κ3) is 4.22. The van der Waals surface area contributed by atoms with E-state index >= 15 is 0 Å². The molecule has 5 heteroatoms. The van der Waals surface area contributed by atoms with Crippen molar-refractivity contribution in [3.63, 3.8) is 0 Å². The van der Waals surface area contributed by atoms with Crippen molar-refractivity contribution >= 4 is 11.6 Å². The zero-order chi connectivity index (χ0) is 15.9. The molecule has 0 aliphatic heterocycles. The lowest BCUT2D eigenvalue weighted by Crippen LogP contribution is -2.32. The van der Waals surface area contributed by atoms with E-state index in [-0.39, 0.29) is 11.7 Å². The molecule has 1 amide bonds. The number of methoxy groups -OCH3 is 1. The van der Waals surface area contributed by atoms with E-state index < -0.39 is 6.10 Å². The number of benzene rings is 2. The Morgan fingerprint density at radius 2 is 1.68 bits per heavy atom. The van der Waals surface area contributed by atoms with Crippen LogP contribution in [0.2, 0.25) is 0 Å². The van der Waals surface area contributed by atoms with Crippen LogP contribution in [0.15, 0.2) is 48.5 Å². The Labute approximate surface area is 128 Å². The molecule has 0 bridgehead atoms. The van der Waals surface area contributed by atoms with Crippen LogP contribution in [-0.4, -0.2) is 19.1 Å². The van der Waals surface area contributed by atoms with Gasteiger partial charge in [0.15, 0.2) is 6.10 Å². The second-order valence-electron chi connectivity index (χ2n) is 4.69. The highest BCUT2D eigenvalue weighted by molar-refractivity contribution is 5.94. The highest BCUT2D eigenvalue weighted by Gasteiger charge is 2.18. The molecule has 2 rings (SSSR count). The van der Waals surface area contributed by atoms with Crippen molar-refractivity contribution in [3.8, 4) is 11.5 Å². The van der Waals surface area contributed by atoms with Crippen LogP contribution in [0.4, 0.5) is 10.1 Å². The van der Waals surface area contributed by atoms with Crippen molar-refractivity contribution in [3.05, 3.63) is 54.3 Å². The second-order valence-corrected chi connectivity index (χ2v) is 4.69. The maximum Gasteiger partial charge on any atom is 0.265 e. The van der Waals surface area contributed by atoms with Crippen LogP contribution in [0.5, 0.6) is 11.5 Å². The molecule has 116 valence electrons. The molecular formula is C17H18FNO3. The van der Waals surface area contributed by atoms with Crippen LogP contribution < -0.4 is 14.8 Å². The van der Waals surface area contributed by atoms with Gasteiger partial charge in [0.25, 0.3) is 5.91 Å². The Morgan fingerprint density at radius 3 is 2.23 bits per heavy atom. The molecular weight excluding hydrogens is 285 g/mol. The number of anilines is 1. The summed E-state index contributed by atoms with van der Waals surface area (Å²) >= 11 is 0. The standard InChI is InChI=1S/C17H18FNO3/c1-3-16(22-15-10-8-14(21-2)9-11-15)17(20)19-13-6-4-12(18)5-7-13/h4-11,16H,3H2,1-2H3,(H,19,20). The molecule has 2 aromatic carbocycles. The summed E-state index contributed by atoms with van der Waals surface area (Å²) in [6.07, 6.45) is -0.113. The molecule has 0 aliphatic rings. The van der Waals surface area contributed by atoms with Crippen LogP contribution in [0.1, 0.15) is 13.3 Å². The lowest BCUT2D eigenvalue weighted by molar-refractivity contribution is -0.122. The van der Waals surface area contributed by atoms with Crippen molar-refractivity contribution in [1.82, 2.24) is 0 Å². The summed E-state index contributed by atoms with van der Waals surface area (Å²) in [5.74, 6) is 0.683. The number of halogens is 1. The number of carbonyl (C=O) groups excluding carboxylic acids is 1. The minimum atomic E-state index is -0.626. The summed E-state index contributed by atoms with van der Waals surface area (Å²) in [5.41, 5.74) is 0.531. The van der Waals surface area contributed by atoms with Crippen molar-refractivity contribution in [2.45, 2.75) is 19.4 Å². The number of amides is 1. The van der Waals surface area contributed by atoms with Crippen molar-refractivity contribution in [2.75, 3.05) is 12.4 Å². The molecule has 0 radical (unpaired) electrons. The molecule has 2 aromatic rings. The normalized spacial score (nSPS) is 11.6. The SMILES string of the molecule is CCC(Oc1ccc(OC)cc1)C(=O)Nc1ccc(F)cc1. The van der Waals surface area contributed by atoms with Gasteiger partial charge in [-0.05, 0) is 55.0 Å². The van der Waals surface area contributed by atoms with E-state index in [0.717, 1.165) is 5.75 Å². The first-order valence-corrected chi connectivity index (χ1v) is 6.99. The van der Waals surface area contributed by atoms with E-state index in [2.05, 4.69) is 5.32 Å². The first-order chi connectivity index (χ1) is 10.6. The topological polar surface area (TPSA) is 47.6 Å². The van der Waals surface area contributed by atoms with Gasteiger partial charge in [0, 0.05) is 5.69 Å². The Morgan fingerprint density at radius 1 is 1.09 bits per heavy atom. The third-order valence-electron chi connectivity index (χ3n) is 3.11. The molecule has 1 unspecified atom stereocenters. The largest absolute Gasteiger partial charge is 0.497 e. The fourth-order valence-corrected chi connectivity index (χ4v) is 1.90. The second kappa shape index (κ2) is 7.45. The Balaban J connectivity index is 2.00. The Kier molecular flexibility index (Phi) is 5.36. The highest BCUT2D eigenvalue weighted by Crippen LogP contribution is 2.19. The Hall–Kier alpha value is -2.56. The average Bonchev–Trinajstić information content (AvgIpc) is 2.55. The molecule has 1 atom stereocenters. The van der Waals surface area contributed by atoms with Gasteiger partial charge in [-0.15, -0.1) is 0 Å². The number of hydrogen-bond acceptors (Lipinski definition) is 3. The smallest absolute Gasteiger partial charge is 0.265 e. The Bertz CT molecular complexity index is 611. The van der Waals surface area contributed by atoms with Gasteiger partial charge in [0.1, 0.15) is 17.3 Å². The highest BCUT2D eigenvalue weighted by atomic mass is 19.1. The third-order valence-corrected chi connectivity index (χ3v) is 3.11. The van der Waals surface area contributed by atoms with Crippen LogP contribution in [0.25, 0.3) is 0 Å². The van der Waals surface area contributed by atoms with Gasteiger partial charge in [-0.1, -0.05) is 6.92 Å². The van der Waals surface area contributed by atoms with Gasteiger partial charge in [0.2, 0.25) is 0 Å². The maximum atomic E-state index is 12.9. The number of nitrogens with one attached hydrogen (secondary N) is 1. The van der Waals surface area contributed by atoms with E-state index in [1.54, 1.807) is 31.4 Å². The first kappa shape index (κ1) is 15.8. The van der Waals surface area contributed by atoms with Gasteiger partial charge in [0.05, 0.1) is 7.11 Å². The number of carbonyl (C=O) groups is 1. The molecule has 1 N–H and O–H groups in total. The van der Waals surface area contributed by atoms with E-state index in [1.807, 2.05) is 6.92 Å². The number of hydrogen-bond donors (Lipinski definition) is 1. The van der Waals surface area contributed by atoms with Crippen LogP contribution >= 0.6 is 0 Å². The fourth-order valence-electron chi connectivity index (χ4n) is 1.90. The summed E-state index contributed by atoms with van der Waals surface area (Å²) in [5, 5.41) is 2.71. The van der Waals surface area contributed by atoms with Gasteiger partial charge in [-0.3, -0.25) is 4.79 Å². The molecule has 22 heavy (non-hydrogen) atoms. The van der Waals surface area contributed by atoms with Gasteiger partial charge in [-0.25, -0.2) is 4.39 Å². The van der Waals surface area contributed by atoms with E-state index in [0.29, 0.717) is 17.9 Å². The van der Waals surface area contributed by atoms with Gasteiger partial charge >= 0.3 is 0 Å². The molecule has 0 spiro atoms. The zero-order valence-corrected chi connectivity index (χ0v) is 12.5. The maximum absolute atomic E-state index is 12.9. The summed E-state index contributed by atoms with van der Waals surface area (Å²) in [4.78, 5) is 12.2. The van der Waals surface area contributed by atoms with Gasteiger partial charge in [-0.2, -0.15) is 0 Å². The van der Waals surface area contributed by atoms with E-state index in [9.17, 15) is 9.18 Å². The minimum Gasteiger partial charge on any atom is -0.497 e. The zero-order valence-electron chi connectivity index (χ0n) is 12.5. The molecule has 0 aliphatic carbocycles. The van der Waals surface area contributed by atoms with E-state index in [4.69, 9.17) is 9.47 Å². The summed E-state index contributed by atoms with van der Waals surface area (Å²) < 4.78 is 23.6. The van der Waals surface area contributed by atoms with E-state index in [1.165, 1.54) is 24.3 Å². The van der Waals surface area contributed by atoms with Crippen LogP contribution in [0, 0.1) is 5.82 Å². The minimum absolute atomic E-state index is 0.273. The summed E-state index contributed by atoms with van der Waals surface area (Å²) in [6, 6.07) is 12.6. The monoisotopic (exact) mass is 303 g/mol. The summed E-state index contributed by atoms with van der Waals surface area (Å²) in [7, 11) is 1.58. The predicted octanol–water partition coefficient (Wildman–Crippen LogP) is 3.63. The molecule has 0 saturated heterocycles. The molecule has 4 nitrogen and oxygen atoms in total. The quantitative estimate of drug-likeness (QED) is 0.886.